The molecule has 4 nitrogen and oxygen atoms in total. The van der Waals surface area contributed by atoms with Gasteiger partial charge in [0.25, 0.3) is 0 Å². The molecule has 19 heavy (non-hydrogen) atoms. The Morgan fingerprint density at radius 3 is 2.68 bits per heavy atom. The van der Waals surface area contributed by atoms with Gasteiger partial charge in [0.1, 0.15) is 11.5 Å². The van der Waals surface area contributed by atoms with Crippen LogP contribution in [0.4, 0.5) is 5.69 Å². The first-order valence-electron chi connectivity index (χ1n) is 6.54. The third-order valence-electron chi connectivity index (χ3n) is 3.49. The van der Waals surface area contributed by atoms with E-state index < -0.39 is 5.92 Å². The first kappa shape index (κ1) is 13.6. The van der Waals surface area contributed by atoms with Crippen molar-refractivity contribution in [3.63, 3.8) is 0 Å². The van der Waals surface area contributed by atoms with Crippen molar-refractivity contribution >= 4 is 17.4 Å². The number of hydrogen-bond donors (Lipinski definition) is 0. The molecule has 0 aromatic heterocycles. The smallest absolute Gasteiger partial charge is 0.237 e. The summed E-state index contributed by atoms with van der Waals surface area (Å²) in [5.74, 6) is -0.0180. The van der Waals surface area contributed by atoms with Crippen LogP contribution in [0, 0.1) is 11.8 Å². The maximum Gasteiger partial charge on any atom is 0.237 e. The van der Waals surface area contributed by atoms with Gasteiger partial charge in [-0.05, 0) is 18.6 Å². The third kappa shape index (κ3) is 2.48. The van der Waals surface area contributed by atoms with Crippen molar-refractivity contribution in [2.75, 3.05) is 18.6 Å². The van der Waals surface area contributed by atoms with Crippen LogP contribution in [0.3, 0.4) is 0 Å². The molecule has 0 bridgehead atoms. The Labute approximate surface area is 113 Å². The summed E-state index contributed by atoms with van der Waals surface area (Å²) < 4.78 is 5.27. The number of Topliss-reactive ketones (excluding diaryl/α,β-unsaturated/α-hetero) is 1. The van der Waals surface area contributed by atoms with Crippen LogP contribution in [-0.2, 0) is 9.59 Å². The number of ether oxygens (including phenoxy) is 1. The molecule has 1 saturated heterocycles. The van der Waals surface area contributed by atoms with Crippen molar-refractivity contribution in [3.05, 3.63) is 24.3 Å². The maximum absolute atomic E-state index is 12.4. The summed E-state index contributed by atoms with van der Waals surface area (Å²) in [6, 6.07) is 7.39. The van der Waals surface area contributed by atoms with Crippen molar-refractivity contribution in [1.29, 1.82) is 0 Å². The van der Waals surface area contributed by atoms with E-state index in [1.54, 1.807) is 12.0 Å². The number of rotatable bonds is 4. The second kappa shape index (κ2) is 5.43. The Kier molecular flexibility index (Phi) is 3.88. The number of para-hydroxylation sites is 2. The van der Waals surface area contributed by atoms with Crippen LogP contribution in [0.5, 0.6) is 5.75 Å². The Bertz CT molecular complexity index is 496. The molecular weight excluding hydrogens is 242 g/mol. The van der Waals surface area contributed by atoms with Crippen molar-refractivity contribution < 1.29 is 14.3 Å². The molecule has 1 fully saturated rings. The predicted molar refractivity (Wildman–Crippen MR) is 73.3 cm³/mol. The molecular formula is C15H19NO3. The average Bonchev–Trinajstić information content (AvgIpc) is 2.79. The van der Waals surface area contributed by atoms with Gasteiger partial charge in [0.15, 0.2) is 0 Å². The fraction of sp³-hybridized carbons (Fsp3) is 0.467. The number of anilines is 1. The number of ketones is 1. The summed E-state index contributed by atoms with van der Waals surface area (Å²) in [7, 11) is 1.58. The normalized spacial score (nSPS) is 19.1. The minimum absolute atomic E-state index is 0.0300. The number of nitrogens with zero attached hydrogens (tertiary/aromatic N) is 1. The van der Waals surface area contributed by atoms with Gasteiger partial charge in [-0.25, -0.2) is 0 Å². The maximum atomic E-state index is 12.4. The van der Waals surface area contributed by atoms with E-state index in [9.17, 15) is 9.59 Å². The largest absolute Gasteiger partial charge is 0.495 e. The highest BCUT2D eigenvalue weighted by atomic mass is 16.5. The Hall–Kier alpha value is -1.84. The zero-order valence-electron chi connectivity index (χ0n) is 11.6. The van der Waals surface area contributed by atoms with Crippen LogP contribution >= 0.6 is 0 Å². The zero-order chi connectivity index (χ0) is 14.0. The lowest BCUT2D eigenvalue weighted by Crippen LogP contribution is -2.32. The standard InChI is InChI=1S/C15H19NO3/c1-10(2)14(17)11-8-9-16(15(11)18)12-6-4-5-7-13(12)19-3/h4-7,10-11H,8-9H2,1-3H3. The fourth-order valence-corrected chi connectivity index (χ4v) is 2.44. The Morgan fingerprint density at radius 1 is 1.37 bits per heavy atom. The minimum atomic E-state index is -0.495. The van der Waals surface area contributed by atoms with Gasteiger partial charge in [0, 0.05) is 12.5 Å². The van der Waals surface area contributed by atoms with Gasteiger partial charge in [0.2, 0.25) is 5.91 Å². The second-order valence-corrected chi connectivity index (χ2v) is 5.06. The zero-order valence-corrected chi connectivity index (χ0v) is 11.6. The summed E-state index contributed by atoms with van der Waals surface area (Å²) in [4.78, 5) is 26.0. The molecule has 0 radical (unpaired) electrons. The van der Waals surface area contributed by atoms with E-state index in [4.69, 9.17) is 4.74 Å². The van der Waals surface area contributed by atoms with E-state index >= 15 is 0 Å². The molecule has 1 aliphatic rings. The molecule has 2 rings (SSSR count). The lowest BCUT2D eigenvalue weighted by molar-refractivity contribution is -0.132. The van der Waals surface area contributed by atoms with E-state index in [1.807, 2.05) is 38.1 Å². The van der Waals surface area contributed by atoms with Gasteiger partial charge >= 0.3 is 0 Å². The number of hydrogen-bond acceptors (Lipinski definition) is 3. The molecule has 1 aliphatic heterocycles. The SMILES string of the molecule is COc1ccccc1N1CCC(C(=O)C(C)C)C1=O. The Morgan fingerprint density at radius 2 is 2.05 bits per heavy atom. The van der Waals surface area contributed by atoms with Crippen LogP contribution in [-0.4, -0.2) is 25.3 Å². The van der Waals surface area contributed by atoms with E-state index in [0.29, 0.717) is 18.7 Å². The molecule has 4 heteroatoms. The molecule has 1 atom stereocenters. The second-order valence-electron chi connectivity index (χ2n) is 5.06. The number of benzene rings is 1. The fourth-order valence-electron chi connectivity index (χ4n) is 2.44. The quantitative estimate of drug-likeness (QED) is 0.781. The molecule has 0 saturated carbocycles. The monoisotopic (exact) mass is 261 g/mol. The summed E-state index contributed by atoms with van der Waals surface area (Å²) in [6.07, 6.45) is 0.591. The molecule has 1 aromatic rings. The predicted octanol–water partition coefficient (Wildman–Crippen LogP) is 2.27. The number of amides is 1. The van der Waals surface area contributed by atoms with E-state index in [1.165, 1.54) is 0 Å². The van der Waals surface area contributed by atoms with Crippen molar-refractivity contribution in [2.45, 2.75) is 20.3 Å². The van der Waals surface area contributed by atoms with Crippen LogP contribution in [0.2, 0.25) is 0 Å². The van der Waals surface area contributed by atoms with E-state index in [0.717, 1.165) is 5.69 Å². The molecule has 0 N–H and O–H groups in total. The Balaban J connectivity index is 2.25. The highest BCUT2D eigenvalue weighted by Gasteiger charge is 2.38. The van der Waals surface area contributed by atoms with Crippen molar-refractivity contribution in [2.24, 2.45) is 11.8 Å². The number of methoxy groups -OCH3 is 1. The van der Waals surface area contributed by atoms with Crippen molar-refractivity contribution in [3.8, 4) is 5.75 Å². The van der Waals surface area contributed by atoms with Crippen LogP contribution < -0.4 is 9.64 Å². The highest BCUT2D eigenvalue weighted by molar-refractivity contribution is 6.11. The third-order valence-corrected chi connectivity index (χ3v) is 3.49. The highest BCUT2D eigenvalue weighted by Crippen LogP contribution is 2.33. The number of carbonyl (C=O) groups excluding carboxylic acids is 2. The van der Waals surface area contributed by atoms with Crippen LogP contribution in [0.15, 0.2) is 24.3 Å². The molecule has 0 aliphatic carbocycles. The van der Waals surface area contributed by atoms with Crippen LogP contribution in [0.1, 0.15) is 20.3 Å². The molecule has 1 unspecified atom stereocenters. The molecule has 1 aromatic carbocycles. The summed E-state index contributed by atoms with van der Waals surface area (Å²) in [5.41, 5.74) is 0.744. The topological polar surface area (TPSA) is 46.6 Å². The lowest BCUT2D eigenvalue weighted by Gasteiger charge is -2.19. The van der Waals surface area contributed by atoms with Crippen LogP contribution in [0.25, 0.3) is 0 Å². The first-order chi connectivity index (χ1) is 9.06. The van der Waals surface area contributed by atoms with Crippen molar-refractivity contribution in [1.82, 2.24) is 0 Å². The summed E-state index contributed by atoms with van der Waals surface area (Å²) in [5, 5.41) is 0. The molecule has 1 heterocycles. The molecule has 1 amide bonds. The van der Waals surface area contributed by atoms with Gasteiger partial charge in [-0.3, -0.25) is 9.59 Å². The molecule has 102 valence electrons. The summed E-state index contributed by atoms with van der Waals surface area (Å²) >= 11 is 0. The van der Waals surface area contributed by atoms with E-state index in [2.05, 4.69) is 0 Å². The van der Waals surface area contributed by atoms with Gasteiger partial charge in [0.05, 0.1) is 18.7 Å². The lowest BCUT2D eigenvalue weighted by atomic mass is 9.94. The van der Waals surface area contributed by atoms with Gasteiger partial charge in [-0.2, -0.15) is 0 Å². The average molecular weight is 261 g/mol. The van der Waals surface area contributed by atoms with Gasteiger partial charge in [-0.1, -0.05) is 26.0 Å². The minimum Gasteiger partial charge on any atom is -0.495 e. The molecule has 0 spiro atoms. The summed E-state index contributed by atoms with van der Waals surface area (Å²) in [6.45, 7) is 4.24. The first-order valence-corrected chi connectivity index (χ1v) is 6.54. The van der Waals surface area contributed by atoms with Gasteiger partial charge in [-0.15, -0.1) is 0 Å². The number of carbonyl (C=O) groups is 2. The van der Waals surface area contributed by atoms with Gasteiger partial charge < -0.3 is 9.64 Å². The van der Waals surface area contributed by atoms with E-state index in [-0.39, 0.29) is 17.6 Å².